The van der Waals surface area contributed by atoms with Crippen molar-refractivity contribution in [1.82, 2.24) is 10.2 Å². The minimum atomic E-state index is -0.350. The number of carbonyl (C=O) groups is 2. The predicted molar refractivity (Wildman–Crippen MR) is 102 cm³/mol. The summed E-state index contributed by atoms with van der Waals surface area (Å²) in [5.41, 5.74) is 0.744. The van der Waals surface area contributed by atoms with Crippen molar-refractivity contribution in [2.45, 2.75) is 38.6 Å². The number of fused-ring (bicyclic) bond motifs is 1. The number of ether oxygens (including phenoxy) is 1. The van der Waals surface area contributed by atoms with Crippen LogP contribution in [0.2, 0.25) is 0 Å². The zero-order valence-corrected chi connectivity index (χ0v) is 15.2. The fourth-order valence-corrected chi connectivity index (χ4v) is 3.33. The number of benzene rings is 2. The fraction of sp³-hybridized carbons (Fsp3) is 0.429. The molecule has 2 aromatic rings. The lowest BCUT2D eigenvalue weighted by Crippen LogP contribution is -2.46. The van der Waals surface area contributed by atoms with Crippen LogP contribution in [-0.2, 0) is 4.74 Å². The zero-order chi connectivity index (χ0) is 18.4. The molecule has 2 aromatic carbocycles. The molecule has 138 valence electrons. The Balaban J connectivity index is 1.56. The SMILES string of the molecule is CCCCOC(=O)NC1CCN(C(=O)c2cccc3ccccc23)CC1. The van der Waals surface area contributed by atoms with Crippen LogP contribution in [0.3, 0.4) is 0 Å². The average molecular weight is 354 g/mol. The first-order chi connectivity index (χ1) is 12.7. The summed E-state index contributed by atoms with van der Waals surface area (Å²) in [5.74, 6) is 0.0609. The number of alkyl carbamates (subject to hydrolysis) is 1. The number of nitrogens with zero attached hydrogens (tertiary/aromatic N) is 1. The van der Waals surface area contributed by atoms with Gasteiger partial charge in [-0.15, -0.1) is 0 Å². The number of nitrogens with one attached hydrogen (secondary N) is 1. The minimum Gasteiger partial charge on any atom is -0.450 e. The van der Waals surface area contributed by atoms with Gasteiger partial charge in [0.1, 0.15) is 0 Å². The lowest BCUT2D eigenvalue weighted by molar-refractivity contribution is 0.0703. The Labute approximate surface area is 154 Å². The molecule has 3 rings (SSSR count). The first kappa shape index (κ1) is 18.2. The molecule has 1 saturated heterocycles. The minimum absolute atomic E-state index is 0.0609. The molecule has 0 saturated carbocycles. The molecule has 0 aliphatic carbocycles. The molecule has 0 spiro atoms. The number of unbranched alkanes of at least 4 members (excludes halogenated alkanes) is 1. The Kier molecular flexibility index (Phi) is 6.10. The highest BCUT2D eigenvalue weighted by Gasteiger charge is 2.25. The first-order valence-corrected chi connectivity index (χ1v) is 9.39. The van der Waals surface area contributed by atoms with Crippen LogP contribution in [0, 0.1) is 0 Å². The Morgan fingerprint density at radius 2 is 1.85 bits per heavy atom. The third kappa shape index (κ3) is 4.34. The smallest absolute Gasteiger partial charge is 0.407 e. The van der Waals surface area contributed by atoms with E-state index in [0.717, 1.165) is 42.0 Å². The number of amides is 2. The van der Waals surface area contributed by atoms with Gasteiger partial charge in [0.2, 0.25) is 0 Å². The zero-order valence-electron chi connectivity index (χ0n) is 15.2. The molecule has 0 radical (unpaired) electrons. The predicted octanol–water partition coefficient (Wildman–Crippen LogP) is 3.97. The summed E-state index contributed by atoms with van der Waals surface area (Å²) in [4.78, 5) is 26.6. The van der Waals surface area contributed by atoms with E-state index in [1.165, 1.54) is 0 Å². The van der Waals surface area contributed by atoms with Gasteiger partial charge >= 0.3 is 6.09 Å². The van der Waals surface area contributed by atoms with Gasteiger partial charge in [-0.2, -0.15) is 0 Å². The maximum absolute atomic E-state index is 12.9. The largest absolute Gasteiger partial charge is 0.450 e. The molecule has 5 heteroatoms. The molecule has 26 heavy (non-hydrogen) atoms. The highest BCUT2D eigenvalue weighted by atomic mass is 16.5. The van der Waals surface area contributed by atoms with Crippen LogP contribution >= 0.6 is 0 Å². The third-order valence-electron chi connectivity index (χ3n) is 4.86. The summed E-state index contributed by atoms with van der Waals surface area (Å²) in [5, 5.41) is 4.97. The van der Waals surface area contributed by atoms with Crippen LogP contribution in [-0.4, -0.2) is 42.6 Å². The van der Waals surface area contributed by atoms with Crippen molar-refractivity contribution in [2.24, 2.45) is 0 Å². The van der Waals surface area contributed by atoms with Crippen molar-refractivity contribution in [2.75, 3.05) is 19.7 Å². The van der Waals surface area contributed by atoms with Crippen molar-refractivity contribution in [3.05, 3.63) is 48.0 Å². The number of likely N-dealkylation sites (tertiary alicyclic amines) is 1. The third-order valence-corrected chi connectivity index (χ3v) is 4.86. The van der Waals surface area contributed by atoms with Crippen LogP contribution in [0.25, 0.3) is 10.8 Å². The highest BCUT2D eigenvalue weighted by Crippen LogP contribution is 2.22. The lowest BCUT2D eigenvalue weighted by Gasteiger charge is -2.32. The van der Waals surface area contributed by atoms with E-state index in [4.69, 9.17) is 4.74 Å². The standard InChI is InChI=1S/C21H26N2O3/c1-2-3-15-26-21(25)22-17-11-13-23(14-12-17)20(24)19-10-6-8-16-7-4-5-9-18(16)19/h4-10,17H,2-3,11-15H2,1H3,(H,22,25). The topological polar surface area (TPSA) is 58.6 Å². The van der Waals surface area contributed by atoms with E-state index in [0.29, 0.717) is 19.7 Å². The van der Waals surface area contributed by atoms with Crippen molar-refractivity contribution < 1.29 is 14.3 Å². The molecule has 1 fully saturated rings. The molecule has 1 aliphatic heterocycles. The summed E-state index contributed by atoms with van der Waals surface area (Å²) in [6.45, 7) is 3.80. The van der Waals surface area contributed by atoms with Crippen molar-refractivity contribution >= 4 is 22.8 Å². The normalized spacial score (nSPS) is 15.0. The summed E-state index contributed by atoms with van der Waals surface area (Å²) in [7, 11) is 0. The van der Waals surface area contributed by atoms with Gasteiger partial charge in [-0.3, -0.25) is 4.79 Å². The monoisotopic (exact) mass is 354 g/mol. The van der Waals surface area contributed by atoms with Gasteiger partial charge in [0, 0.05) is 24.7 Å². The van der Waals surface area contributed by atoms with Crippen LogP contribution in [0.1, 0.15) is 43.0 Å². The van der Waals surface area contributed by atoms with Gasteiger partial charge < -0.3 is 15.0 Å². The molecule has 0 aromatic heterocycles. The summed E-state index contributed by atoms with van der Waals surface area (Å²) >= 11 is 0. The van der Waals surface area contributed by atoms with E-state index in [1.54, 1.807) is 0 Å². The number of carbonyl (C=O) groups excluding carboxylic acids is 2. The van der Waals surface area contributed by atoms with E-state index in [1.807, 2.05) is 47.4 Å². The second-order valence-corrected chi connectivity index (χ2v) is 6.73. The second kappa shape index (κ2) is 8.70. The molecule has 2 amide bonds. The number of piperidine rings is 1. The second-order valence-electron chi connectivity index (χ2n) is 6.73. The fourth-order valence-electron chi connectivity index (χ4n) is 3.33. The molecule has 0 atom stereocenters. The van der Waals surface area contributed by atoms with Gasteiger partial charge in [-0.05, 0) is 36.1 Å². The van der Waals surface area contributed by atoms with Crippen molar-refractivity contribution in [1.29, 1.82) is 0 Å². The molecule has 0 bridgehead atoms. The molecule has 1 heterocycles. The summed E-state index contributed by atoms with van der Waals surface area (Å²) in [6, 6.07) is 13.9. The highest BCUT2D eigenvalue weighted by molar-refractivity contribution is 6.07. The van der Waals surface area contributed by atoms with Gasteiger partial charge in [0.05, 0.1) is 6.61 Å². The van der Waals surface area contributed by atoms with Gasteiger partial charge in [0.25, 0.3) is 5.91 Å². The lowest BCUT2D eigenvalue weighted by atomic mass is 10.0. The number of rotatable bonds is 5. The Morgan fingerprint density at radius 3 is 2.62 bits per heavy atom. The van der Waals surface area contributed by atoms with Gasteiger partial charge in [0.15, 0.2) is 0 Å². The van der Waals surface area contributed by atoms with E-state index in [2.05, 4.69) is 12.2 Å². The number of hydrogen-bond donors (Lipinski definition) is 1. The van der Waals surface area contributed by atoms with Crippen LogP contribution in [0.5, 0.6) is 0 Å². The first-order valence-electron chi connectivity index (χ1n) is 9.39. The van der Waals surface area contributed by atoms with Crippen molar-refractivity contribution in [3.8, 4) is 0 Å². The van der Waals surface area contributed by atoms with Crippen molar-refractivity contribution in [3.63, 3.8) is 0 Å². The molecule has 1 N–H and O–H groups in total. The molecular weight excluding hydrogens is 328 g/mol. The molecule has 1 aliphatic rings. The van der Waals surface area contributed by atoms with Crippen LogP contribution in [0.15, 0.2) is 42.5 Å². The van der Waals surface area contributed by atoms with E-state index in [9.17, 15) is 9.59 Å². The molecular formula is C21H26N2O3. The summed E-state index contributed by atoms with van der Waals surface area (Å²) in [6.07, 6.45) is 3.03. The number of hydrogen-bond acceptors (Lipinski definition) is 3. The van der Waals surface area contributed by atoms with E-state index < -0.39 is 0 Å². The Morgan fingerprint density at radius 1 is 1.12 bits per heavy atom. The van der Waals surface area contributed by atoms with Gasteiger partial charge in [-0.25, -0.2) is 4.79 Å². The molecule has 0 unspecified atom stereocenters. The van der Waals surface area contributed by atoms with E-state index in [-0.39, 0.29) is 18.0 Å². The average Bonchev–Trinajstić information content (AvgIpc) is 2.68. The maximum Gasteiger partial charge on any atom is 0.407 e. The molecule has 5 nitrogen and oxygen atoms in total. The van der Waals surface area contributed by atoms with Gasteiger partial charge in [-0.1, -0.05) is 49.7 Å². The van der Waals surface area contributed by atoms with Crippen LogP contribution in [0.4, 0.5) is 4.79 Å². The van der Waals surface area contributed by atoms with Crippen LogP contribution < -0.4 is 5.32 Å². The quantitative estimate of drug-likeness (QED) is 0.827. The maximum atomic E-state index is 12.9. The van der Waals surface area contributed by atoms with E-state index >= 15 is 0 Å². The Bertz CT molecular complexity index is 761. The Hall–Kier alpha value is -2.56. The summed E-state index contributed by atoms with van der Waals surface area (Å²) < 4.78 is 5.15.